The summed E-state index contributed by atoms with van der Waals surface area (Å²) in [6.45, 7) is 5.99. The van der Waals surface area contributed by atoms with Gasteiger partial charge < -0.3 is 10.8 Å². The van der Waals surface area contributed by atoms with E-state index in [2.05, 4.69) is 4.90 Å². The lowest BCUT2D eigenvalue weighted by molar-refractivity contribution is 0.243. The van der Waals surface area contributed by atoms with Gasteiger partial charge in [0.05, 0.1) is 0 Å². The van der Waals surface area contributed by atoms with Crippen molar-refractivity contribution in [3.05, 3.63) is 29.6 Å². The average Bonchev–Trinajstić information content (AvgIpc) is 2.77. The minimum absolute atomic E-state index is 0.0340. The van der Waals surface area contributed by atoms with Crippen LogP contribution in [0.3, 0.4) is 0 Å². The number of nitrogens with zero attached hydrogens (tertiary/aromatic N) is 1. The number of benzene rings is 1. The summed E-state index contributed by atoms with van der Waals surface area (Å²) in [5.74, 6) is 0.139. The van der Waals surface area contributed by atoms with E-state index in [0.29, 0.717) is 5.92 Å². The number of rotatable bonds is 3. The zero-order valence-corrected chi connectivity index (χ0v) is 10.9. The van der Waals surface area contributed by atoms with Gasteiger partial charge in [0.25, 0.3) is 0 Å². The van der Waals surface area contributed by atoms with Gasteiger partial charge in [-0.05, 0) is 38.8 Å². The number of halogens is 1. The largest absolute Gasteiger partial charge is 0.508 e. The number of hydrogen-bond donors (Lipinski definition) is 2. The molecular weight excluding hydrogens is 231 g/mol. The molecule has 3 nitrogen and oxygen atoms in total. The molecule has 1 aliphatic rings. The molecule has 2 rings (SSSR count). The quantitative estimate of drug-likeness (QED) is 0.867. The van der Waals surface area contributed by atoms with E-state index in [0.717, 1.165) is 25.1 Å². The fourth-order valence-corrected chi connectivity index (χ4v) is 2.66. The van der Waals surface area contributed by atoms with Gasteiger partial charge in [-0.25, -0.2) is 4.39 Å². The predicted molar refractivity (Wildman–Crippen MR) is 69.8 cm³/mol. The van der Waals surface area contributed by atoms with Crippen molar-refractivity contribution < 1.29 is 9.50 Å². The van der Waals surface area contributed by atoms with Crippen molar-refractivity contribution in [2.75, 3.05) is 13.1 Å². The Hall–Kier alpha value is -1.13. The fraction of sp³-hybridized carbons (Fsp3) is 0.571. The highest BCUT2D eigenvalue weighted by Crippen LogP contribution is 2.33. The second kappa shape index (κ2) is 5.24. The second-order valence-electron chi connectivity index (χ2n) is 5.28. The lowest BCUT2D eigenvalue weighted by Crippen LogP contribution is -2.31. The van der Waals surface area contributed by atoms with Crippen LogP contribution in [0.1, 0.15) is 31.9 Å². The number of phenolic OH excluding ortho intramolecular Hbond substituents is 1. The van der Waals surface area contributed by atoms with E-state index in [-0.39, 0.29) is 17.8 Å². The van der Waals surface area contributed by atoms with E-state index >= 15 is 0 Å². The minimum Gasteiger partial charge on any atom is -0.508 e. The van der Waals surface area contributed by atoms with E-state index in [9.17, 15) is 9.50 Å². The van der Waals surface area contributed by atoms with Gasteiger partial charge in [-0.15, -0.1) is 0 Å². The SMILES string of the molecule is CC(N)C1CCN(C(C)c2ccc(F)cc2O)C1. The molecule has 3 atom stereocenters. The topological polar surface area (TPSA) is 49.5 Å². The summed E-state index contributed by atoms with van der Waals surface area (Å²) in [6, 6.07) is 4.52. The molecule has 0 bridgehead atoms. The van der Waals surface area contributed by atoms with Gasteiger partial charge in [-0.1, -0.05) is 6.07 Å². The van der Waals surface area contributed by atoms with E-state index in [4.69, 9.17) is 5.73 Å². The van der Waals surface area contributed by atoms with Crippen LogP contribution in [0.2, 0.25) is 0 Å². The van der Waals surface area contributed by atoms with Crippen LogP contribution in [0.15, 0.2) is 18.2 Å². The maximum atomic E-state index is 13.0. The summed E-state index contributed by atoms with van der Waals surface area (Å²) < 4.78 is 13.0. The Labute approximate surface area is 107 Å². The predicted octanol–water partition coefficient (Wildman–Crippen LogP) is 2.26. The highest BCUT2D eigenvalue weighted by molar-refractivity contribution is 5.35. The highest BCUT2D eigenvalue weighted by atomic mass is 19.1. The summed E-state index contributed by atoms with van der Waals surface area (Å²) >= 11 is 0. The van der Waals surface area contributed by atoms with Crippen LogP contribution in [0.4, 0.5) is 4.39 Å². The van der Waals surface area contributed by atoms with Crippen molar-refractivity contribution in [2.45, 2.75) is 32.4 Å². The summed E-state index contributed by atoms with van der Waals surface area (Å²) in [6.07, 6.45) is 1.09. The number of likely N-dealkylation sites (tertiary alicyclic amines) is 1. The molecule has 4 heteroatoms. The first-order valence-electron chi connectivity index (χ1n) is 6.47. The van der Waals surface area contributed by atoms with Crippen molar-refractivity contribution in [1.82, 2.24) is 4.90 Å². The molecule has 1 aromatic rings. The Morgan fingerprint density at radius 1 is 1.44 bits per heavy atom. The van der Waals surface area contributed by atoms with E-state index in [1.165, 1.54) is 12.1 Å². The Balaban J connectivity index is 2.10. The lowest BCUT2D eigenvalue weighted by Gasteiger charge is -2.26. The first kappa shape index (κ1) is 13.3. The van der Waals surface area contributed by atoms with Crippen molar-refractivity contribution in [3.8, 4) is 5.75 Å². The van der Waals surface area contributed by atoms with Crippen molar-refractivity contribution in [3.63, 3.8) is 0 Å². The van der Waals surface area contributed by atoms with Crippen LogP contribution >= 0.6 is 0 Å². The monoisotopic (exact) mass is 252 g/mol. The fourth-order valence-electron chi connectivity index (χ4n) is 2.66. The third-order valence-corrected chi connectivity index (χ3v) is 3.99. The molecule has 1 heterocycles. The number of nitrogens with two attached hydrogens (primary N) is 1. The number of aromatic hydroxyl groups is 1. The molecule has 100 valence electrons. The minimum atomic E-state index is -0.404. The highest BCUT2D eigenvalue weighted by Gasteiger charge is 2.29. The molecule has 0 aromatic heterocycles. The summed E-state index contributed by atoms with van der Waals surface area (Å²) in [5.41, 5.74) is 6.70. The Morgan fingerprint density at radius 3 is 2.72 bits per heavy atom. The van der Waals surface area contributed by atoms with Crippen LogP contribution in [0.25, 0.3) is 0 Å². The first-order valence-corrected chi connectivity index (χ1v) is 6.47. The molecule has 1 aliphatic heterocycles. The molecule has 0 saturated carbocycles. The molecule has 1 aromatic carbocycles. The van der Waals surface area contributed by atoms with Gasteiger partial charge >= 0.3 is 0 Å². The summed E-state index contributed by atoms with van der Waals surface area (Å²) in [4.78, 5) is 2.29. The van der Waals surface area contributed by atoms with Gasteiger partial charge in [-0.3, -0.25) is 4.90 Å². The molecule has 3 N–H and O–H groups in total. The van der Waals surface area contributed by atoms with Crippen LogP contribution in [0.5, 0.6) is 5.75 Å². The molecule has 0 amide bonds. The van der Waals surface area contributed by atoms with Crippen LogP contribution in [-0.2, 0) is 0 Å². The zero-order valence-electron chi connectivity index (χ0n) is 10.9. The normalized spacial score (nSPS) is 24.1. The van der Waals surface area contributed by atoms with Crippen molar-refractivity contribution in [1.29, 1.82) is 0 Å². The molecule has 3 unspecified atom stereocenters. The Bertz CT molecular complexity index is 422. The molecule has 0 aliphatic carbocycles. The molecule has 18 heavy (non-hydrogen) atoms. The van der Waals surface area contributed by atoms with Gasteiger partial charge in [0.1, 0.15) is 11.6 Å². The van der Waals surface area contributed by atoms with Crippen LogP contribution < -0.4 is 5.73 Å². The zero-order chi connectivity index (χ0) is 13.3. The maximum Gasteiger partial charge on any atom is 0.126 e. The first-order chi connectivity index (χ1) is 8.49. The van der Waals surface area contributed by atoms with E-state index < -0.39 is 5.82 Å². The van der Waals surface area contributed by atoms with Gasteiger partial charge in [0.15, 0.2) is 0 Å². The standard InChI is InChI=1S/C14H21FN2O/c1-9(16)11-5-6-17(8-11)10(2)13-4-3-12(15)7-14(13)18/h3-4,7,9-11,18H,5-6,8,16H2,1-2H3. The lowest BCUT2D eigenvalue weighted by atomic mass is 10.0. The van der Waals surface area contributed by atoms with Crippen molar-refractivity contribution in [2.24, 2.45) is 11.7 Å². The average molecular weight is 252 g/mol. The third-order valence-electron chi connectivity index (χ3n) is 3.99. The Kier molecular flexibility index (Phi) is 3.88. The van der Waals surface area contributed by atoms with Gasteiger partial charge in [0.2, 0.25) is 0 Å². The van der Waals surface area contributed by atoms with E-state index in [1.54, 1.807) is 6.07 Å². The van der Waals surface area contributed by atoms with E-state index in [1.807, 2.05) is 13.8 Å². The molecule has 1 fully saturated rings. The van der Waals surface area contributed by atoms with Gasteiger partial charge in [-0.2, -0.15) is 0 Å². The summed E-state index contributed by atoms with van der Waals surface area (Å²) in [7, 11) is 0. The smallest absolute Gasteiger partial charge is 0.126 e. The second-order valence-corrected chi connectivity index (χ2v) is 5.28. The van der Waals surface area contributed by atoms with Crippen molar-refractivity contribution >= 4 is 0 Å². The van der Waals surface area contributed by atoms with Crippen LogP contribution in [0, 0.1) is 11.7 Å². The van der Waals surface area contributed by atoms with Crippen LogP contribution in [-0.4, -0.2) is 29.1 Å². The Morgan fingerprint density at radius 2 is 2.17 bits per heavy atom. The third kappa shape index (κ3) is 2.65. The molecular formula is C14H21FN2O. The number of phenols is 1. The maximum absolute atomic E-state index is 13.0. The molecule has 1 saturated heterocycles. The molecule has 0 radical (unpaired) electrons. The number of hydrogen-bond acceptors (Lipinski definition) is 3. The summed E-state index contributed by atoms with van der Waals surface area (Å²) in [5, 5.41) is 9.81. The molecule has 0 spiro atoms. The van der Waals surface area contributed by atoms with Gasteiger partial charge in [0, 0.05) is 30.3 Å².